The van der Waals surface area contributed by atoms with Gasteiger partial charge in [0.1, 0.15) is 5.78 Å². The number of carbonyl (C=O) groups excluding carboxylic acids is 1. The van der Waals surface area contributed by atoms with Crippen molar-refractivity contribution in [3.63, 3.8) is 0 Å². The third-order valence-electron chi connectivity index (χ3n) is 2.82. The lowest BCUT2D eigenvalue weighted by Gasteiger charge is -2.09. The minimum Gasteiger partial charge on any atom is -0.299 e. The van der Waals surface area contributed by atoms with Gasteiger partial charge in [-0.05, 0) is 24.1 Å². The van der Waals surface area contributed by atoms with E-state index in [0.29, 0.717) is 5.56 Å². The number of ketones is 1. The Morgan fingerprint density at radius 3 is 2.18 bits per heavy atom. The van der Waals surface area contributed by atoms with Gasteiger partial charge < -0.3 is 0 Å². The molecular weight excluding hydrogens is 229 g/mol. The summed E-state index contributed by atoms with van der Waals surface area (Å²) in [6.45, 7) is 3.74. The van der Waals surface area contributed by atoms with E-state index in [1.165, 1.54) is 12.1 Å². The molecule has 94 valence electrons. The van der Waals surface area contributed by atoms with Crippen molar-refractivity contribution >= 4 is 5.78 Å². The first-order valence-electron chi connectivity index (χ1n) is 5.53. The number of halogens is 3. The van der Waals surface area contributed by atoms with Gasteiger partial charge in [0.05, 0.1) is 5.56 Å². The molecule has 4 heteroatoms. The molecule has 0 spiro atoms. The second kappa shape index (κ2) is 5.34. The number of hydrogen-bond acceptors (Lipinski definition) is 1. The molecule has 1 atom stereocenters. The lowest BCUT2D eigenvalue weighted by Crippen LogP contribution is -2.13. The van der Waals surface area contributed by atoms with Crippen LogP contribution in [0.1, 0.15) is 31.4 Å². The summed E-state index contributed by atoms with van der Waals surface area (Å²) in [6, 6.07) is 4.75. The molecule has 1 unspecified atom stereocenters. The van der Waals surface area contributed by atoms with Gasteiger partial charge in [0, 0.05) is 12.3 Å². The normalized spacial score (nSPS) is 13.5. The molecule has 0 heterocycles. The van der Waals surface area contributed by atoms with Gasteiger partial charge in [-0.25, -0.2) is 0 Å². The maximum Gasteiger partial charge on any atom is 0.416 e. The first kappa shape index (κ1) is 13.7. The van der Waals surface area contributed by atoms with Crippen LogP contribution in [0.2, 0.25) is 0 Å². The van der Waals surface area contributed by atoms with E-state index in [0.717, 1.165) is 18.6 Å². The van der Waals surface area contributed by atoms with Crippen LogP contribution in [-0.2, 0) is 17.4 Å². The Bertz CT molecular complexity index is 379. The molecule has 17 heavy (non-hydrogen) atoms. The molecule has 0 aliphatic heterocycles. The number of hydrogen-bond donors (Lipinski definition) is 0. The first-order chi connectivity index (χ1) is 7.84. The SMILES string of the molecule is CCC(C)C(=O)Cc1ccc(C(F)(F)F)cc1. The third-order valence-corrected chi connectivity index (χ3v) is 2.82. The van der Waals surface area contributed by atoms with E-state index < -0.39 is 11.7 Å². The summed E-state index contributed by atoms with van der Waals surface area (Å²) in [6.07, 6.45) is -3.37. The fraction of sp³-hybridized carbons (Fsp3) is 0.462. The van der Waals surface area contributed by atoms with E-state index in [2.05, 4.69) is 0 Å². The van der Waals surface area contributed by atoms with Crippen LogP contribution < -0.4 is 0 Å². The lowest BCUT2D eigenvalue weighted by molar-refractivity contribution is -0.137. The number of Topliss-reactive ketones (excluding diaryl/α,β-unsaturated/α-hetero) is 1. The molecule has 0 aliphatic rings. The smallest absolute Gasteiger partial charge is 0.299 e. The zero-order valence-electron chi connectivity index (χ0n) is 9.84. The van der Waals surface area contributed by atoms with E-state index >= 15 is 0 Å². The van der Waals surface area contributed by atoms with Crippen LogP contribution in [0.4, 0.5) is 13.2 Å². The zero-order chi connectivity index (χ0) is 13.1. The molecular formula is C13H15F3O. The molecule has 0 aliphatic carbocycles. The van der Waals surface area contributed by atoms with Crippen LogP contribution >= 0.6 is 0 Å². The van der Waals surface area contributed by atoms with E-state index in [1.807, 2.05) is 13.8 Å². The van der Waals surface area contributed by atoms with Gasteiger partial charge >= 0.3 is 6.18 Å². The Kier molecular flexibility index (Phi) is 4.32. The maximum atomic E-state index is 12.3. The van der Waals surface area contributed by atoms with Gasteiger partial charge in [0.15, 0.2) is 0 Å². The summed E-state index contributed by atoms with van der Waals surface area (Å²) in [4.78, 5) is 11.6. The Hall–Kier alpha value is -1.32. The Morgan fingerprint density at radius 2 is 1.76 bits per heavy atom. The van der Waals surface area contributed by atoms with Crippen molar-refractivity contribution in [3.05, 3.63) is 35.4 Å². The van der Waals surface area contributed by atoms with Crippen LogP contribution in [0.25, 0.3) is 0 Å². The van der Waals surface area contributed by atoms with Crippen molar-refractivity contribution in [2.24, 2.45) is 5.92 Å². The molecule has 0 amide bonds. The molecule has 0 bridgehead atoms. The van der Waals surface area contributed by atoms with Crippen molar-refractivity contribution in [1.82, 2.24) is 0 Å². The van der Waals surface area contributed by atoms with Crippen LogP contribution in [0, 0.1) is 5.92 Å². The second-order valence-corrected chi connectivity index (χ2v) is 4.15. The number of rotatable bonds is 4. The predicted octanol–water partition coefficient (Wildman–Crippen LogP) is 3.86. The minimum absolute atomic E-state index is 0.0442. The molecule has 0 aromatic heterocycles. The molecule has 0 N–H and O–H groups in total. The number of carbonyl (C=O) groups is 1. The van der Waals surface area contributed by atoms with Gasteiger partial charge in [0.2, 0.25) is 0 Å². The monoisotopic (exact) mass is 244 g/mol. The molecule has 0 saturated heterocycles. The first-order valence-corrected chi connectivity index (χ1v) is 5.53. The molecule has 0 saturated carbocycles. The van der Waals surface area contributed by atoms with Crippen LogP contribution in [-0.4, -0.2) is 5.78 Å². The Labute approximate surface area is 98.6 Å². The van der Waals surface area contributed by atoms with Gasteiger partial charge in [-0.15, -0.1) is 0 Å². The van der Waals surface area contributed by atoms with Gasteiger partial charge in [-0.2, -0.15) is 13.2 Å². The standard InChI is InChI=1S/C13H15F3O/c1-3-9(2)12(17)8-10-4-6-11(7-5-10)13(14,15)16/h4-7,9H,3,8H2,1-2H3. The van der Waals surface area contributed by atoms with E-state index in [4.69, 9.17) is 0 Å². The molecule has 1 rings (SSSR count). The molecule has 0 radical (unpaired) electrons. The van der Waals surface area contributed by atoms with Crippen LogP contribution in [0.3, 0.4) is 0 Å². The maximum absolute atomic E-state index is 12.3. The molecule has 1 aromatic rings. The highest BCUT2D eigenvalue weighted by Crippen LogP contribution is 2.29. The minimum atomic E-state index is -4.32. The van der Waals surface area contributed by atoms with Crippen LogP contribution in [0.5, 0.6) is 0 Å². The largest absolute Gasteiger partial charge is 0.416 e. The fourth-order valence-corrected chi connectivity index (χ4v) is 1.41. The second-order valence-electron chi connectivity index (χ2n) is 4.15. The van der Waals surface area contributed by atoms with Crippen molar-refractivity contribution in [3.8, 4) is 0 Å². The fourth-order valence-electron chi connectivity index (χ4n) is 1.41. The number of benzene rings is 1. The topological polar surface area (TPSA) is 17.1 Å². The number of alkyl halides is 3. The summed E-state index contributed by atoms with van der Waals surface area (Å²) in [7, 11) is 0. The quantitative estimate of drug-likeness (QED) is 0.786. The summed E-state index contributed by atoms with van der Waals surface area (Å²) >= 11 is 0. The van der Waals surface area contributed by atoms with E-state index in [1.54, 1.807) is 0 Å². The van der Waals surface area contributed by atoms with Gasteiger partial charge in [0.25, 0.3) is 0 Å². The highest BCUT2D eigenvalue weighted by atomic mass is 19.4. The summed E-state index contributed by atoms with van der Waals surface area (Å²) in [5, 5.41) is 0. The lowest BCUT2D eigenvalue weighted by atomic mass is 9.97. The van der Waals surface area contributed by atoms with Gasteiger partial charge in [-0.1, -0.05) is 26.0 Å². The highest BCUT2D eigenvalue weighted by molar-refractivity contribution is 5.82. The molecule has 0 fully saturated rings. The van der Waals surface area contributed by atoms with E-state index in [-0.39, 0.29) is 18.1 Å². The van der Waals surface area contributed by atoms with Crippen molar-refractivity contribution in [2.75, 3.05) is 0 Å². The Balaban J connectivity index is 2.73. The highest BCUT2D eigenvalue weighted by Gasteiger charge is 2.29. The summed E-state index contributed by atoms with van der Waals surface area (Å²) in [5.74, 6) is 0.0181. The molecule has 1 aromatic carbocycles. The molecule has 1 nitrogen and oxygen atoms in total. The van der Waals surface area contributed by atoms with Crippen molar-refractivity contribution < 1.29 is 18.0 Å². The van der Waals surface area contributed by atoms with E-state index in [9.17, 15) is 18.0 Å². The summed E-state index contributed by atoms with van der Waals surface area (Å²) < 4.78 is 36.9. The summed E-state index contributed by atoms with van der Waals surface area (Å²) in [5.41, 5.74) is -0.0551. The average Bonchev–Trinajstić information content (AvgIpc) is 2.27. The zero-order valence-corrected chi connectivity index (χ0v) is 9.84. The third kappa shape index (κ3) is 3.88. The predicted molar refractivity (Wildman–Crippen MR) is 59.6 cm³/mol. The van der Waals surface area contributed by atoms with Crippen molar-refractivity contribution in [1.29, 1.82) is 0 Å². The van der Waals surface area contributed by atoms with Crippen LogP contribution in [0.15, 0.2) is 24.3 Å². The average molecular weight is 244 g/mol. The van der Waals surface area contributed by atoms with Crippen molar-refractivity contribution in [2.45, 2.75) is 32.9 Å². The van der Waals surface area contributed by atoms with Gasteiger partial charge in [-0.3, -0.25) is 4.79 Å². The Morgan fingerprint density at radius 1 is 1.24 bits per heavy atom.